The molecule has 4 N–H and O–H groups in total. The molecule has 96 valence electrons. The van der Waals surface area contributed by atoms with Gasteiger partial charge < -0.3 is 19.9 Å². The van der Waals surface area contributed by atoms with Crippen LogP contribution in [-0.4, -0.2) is 30.1 Å². The second kappa shape index (κ2) is 3.98. The van der Waals surface area contributed by atoms with E-state index in [9.17, 15) is 4.79 Å². The van der Waals surface area contributed by atoms with Gasteiger partial charge in [0.25, 0.3) is 0 Å². The van der Waals surface area contributed by atoms with Gasteiger partial charge in [0.05, 0.1) is 5.52 Å². The molecular formula is C10H7N5O4. The molecule has 0 bridgehead atoms. The molecule has 9 nitrogen and oxygen atoms in total. The van der Waals surface area contributed by atoms with Crippen LogP contribution >= 0.6 is 0 Å². The molecule has 0 radical (unpaired) electrons. The monoisotopic (exact) mass is 261 g/mol. The van der Waals surface area contributed by atoms with Crippen LogP contribution in [0.5, 0.6) is 12.0 Å². The van der Waals surface area contributed by atoms with Gasteiger partial charge in [0, 0.05) is 11.8 Å². The minimum atomic E-state index is -0.607. The summed E-state index contributed by atoms with van der Waals surface area (Å²) < 4.78 is 4.89. The highest BCUT2D eigenvalue weighted by atomic mass is 16.4. The Kier molecular flexibility index (Phi) is 2.31. The third-order valence-electron chi connectivity index (χ3n) is 2.29. The number of fused-ring (bicyclic) bond motifs is 1. The number of anilines is 2. The normalized spacial score (nSPS) is 10.7. The Morgan fingerprint density at radius 3 is 2.63 bits per heavy atom. The highest BCUT2D eigenvalue weighted by Gasteiger charge is 2.06. The topological polar surface area (TPSA) is 137 Å². The quantitative estimate of drug-likeness (QED) is 0.522. The summed E-state index contributed by atoms with van der Waals surface area (Å²) in [4.78, 5) is 23.9. The smallest absolute Gasteiger partial charge is 0.417 e. The van der Waals surface area contributed by atoms with E-state index >= 15 is 0 Å². The lowest BCUT2D eigenvalue weighted by molar-refractivity contribution is 0.384. The molecule has 3 rings (SSSR count). The fourth-order valence-electron chi connectivity index (χ4n) is 1.56. The van der Waals surface area contributed by atoms with E-state index in [0.29, 0.717) is 16.8 Å². The summed E-state index contributed by atoms with van der Waals surface area (Å²) in [6.45, 7) is 0. The predicted molar refractivity (Wildman–Crippen MR) is 63.3 cm³/mol. The summed E-state index contributed by atoms with van der Waals surface area (Å²) in [5.74, 6) is -0.593. The molecule has 0 saturated heterocycles. The molecule has 0 amide bonds. The van der Waals surface area contributed by atoms with Crippen LogP contribution in [0, 0.1) is 0 Å². The van der Waals surface area contributed by atoms with Gasteiger partial charge in [-0.05, 0) is 12.1 Å². The Hall–Kier alpha value is -3.10. The molecule has 0 aliphatic rings. The van der Waals surface area contributed by atoms with Crippen LogP contribution < -0.4 is 11.1 Å². The number of nitrogens with zero attached hydrogens (tertiary/aromatic N) is 3. The summed E-state index contributed by atoms with van der Waals surface area (Å²) >= 11 is 0. The van der Waals surface area contributed by atoms with Crippen LogP contribution in [0.25, 0.3) is 11.1 Å². The van der Waals surface area contributed by atoms with Gasteiger partial charge >= 0.3 is 17.8 Å². The number of aromatic nitrogens is 4. The number of nitrogens with one attached hydrogen (secondary N) is 2. The maximum absolute atomic E-state index is 11.0. The Labute approximate surface area is 104 Å². The third kappa shape index (κ3) is 2.16. The Morgan fingerprint density at radius 2 is 1.89 bits per heavy atom. The van der Waals surface area contributed by atoms with Crippen LogP contribution in [0.4, 0.5) is 11.6 Å². The van der Waals surface area contributed by atoms with Crippen LogP contribution in [0.1, 0.15) is 0 Å². The number of hydrogen-bond acceptors (Lipinski definition) is 8. The molecule has 0 unspecified atom stereocenters. The van der Waals surface area contributed by atoms with E-state index in [1.165, 1.54) is 0 Å². The lowest BCUT2D eigenvalue weighted by Gasteiger charge is -2.04. The zero-order valence-corrected chi connectivity index (χ0v) is 9.28. The molecule has 2 heterocycles. The molecule has 0 aliphatic carbocycles. The van der Waals surface area contributed by atoms with E-state index in [-0.39, 0.29) is 5.95 Å². The van der Waals surface area contributed by atoms with Crippen LogP contribution in [0.15, 0.2) is 27.4 Å². The maximum Gasteiger partial charge on any atom is 0.417 e. The fourth-order valence-corrected chi connectivity index (χ4v) is 1.56. The molecule has 0 saturated carbocycles. The van der Waals surface area contributed by atoms with Crippen molar-refractivity contribution in [1.82, 2.24) is 19.9 Å². The standard InChI is InChI=1S/C10H7N5O4/c16-8-13-7(14-9(17)15-8)11-4-1-2-5-6(3-4)19-10(18)12-5/h1-3H,(H,12,18)(H3,11,13,14,15,16,17). The van der Waals surface area contributed by atoms with E-state index in [0.717, 1.165) is 0 Å². The molecular weight excluding hydrogens is 254 g/mol. The fraction of sp³-hybridized carbons (Fsp3) is 0. The number of H-pyrrole nitrogens is 1. The van der Waals surface area contributed by atoms with Crippen molar-refractivity contribution in [2.45, 2.75) is 0 Å². The second-order valence-electron chi connectivity index (χ2n) is 3.61. The van der Waals surface area contributed by atoms with Gasteiger partial charge in [-0.2, -0.15) is 9.97 Å². The summed E-state index contributed by atoms with van der Waals surface area (Å²) in [6, 6.07) is 3.61. The molecule has 3 aromatic rings. The van der Waals surface area contributed by atoms with Crippen molar-refractivity contribution in [3.8, 4) is 12.0 Å². The first-order valence-corrected chi connectivity index (χ1v) is 5.14. The molecule has 9 heteroatoms. The highest BCUT2D eigenvalue weighted by Crippen LogP contribution is 2.20. The van der Waals surface area contributed by atoms with Crippen molar-refractivity contribution in [1.29, 1.82) is 0 Å². The van der Waals surface area contributed by atoms with Gasteiger partial charge in [0.2, 0.25) is 5.95 Å². The summed E-state index contributed by atoms with van der Waals surface area (Å²) in [5, 5.41) is 21.0. The van der Waals surface area contributed by atoms with Gasteiger partial charge in [-0.3, -0.25) is 4.98 Å². The average Bonchev–Trinajstić information content (AvgIpc) is 2.67. The van der Waals surface area contributed by atoms with E-state index < -0.39 is 17.8 Å². The molecule has 2 aromatic heterocycles. The Bertz CT molecular complexity index is 789. The Morgan fingerprint density at radius 1 is 1.16 bits per heavy atom. The molecule has 19 heavy (non-hydrogen) atoms. The van der Waals surface area contributed by atoms with Gasteiger partial charge in [-0.25, -0.2) is 4.79 Å². The molecule has 0 spiro atoms. The number of benzene rings is 1. The van der Waals surface area contributed by atoms with Gasteiger partial charge in [-0.1, -0.05) is 0 Å². The van der Waals surface area contributed by atoms with Gasteiger partial charge in [0.15, 0.2) is 5.58 Å². The minimum Gasteiger partial charge on any atom is -0.479 e. The number of aromatic amines is 1. The molecule has 0 aliphatic heterocycles. The van der Waals surface area contributed by atoms with Gasteiger partial charge in [-0.15, -0.1) is 4.98 Å². The highest BCUT2D eigenvalue weighted by molar-refractivity contribution is 5.77. The van der Waals surface area contributed by atoms with E-state index in [1.807, 2.05) is 0 Å². The molecule has 0 fully saturated rings. The van der Waals surface area contributed by atoms with Crippen LogP contribution in [0.3, 0.4) is 0 Å². The third-order valence-corrected chi connectivity index (χ3v) is 2.29. The molecule has 1 aromatic carbocycles. The van der Waals surface area contributed by atoms with Crippen LogP contribution in [0.2, 0.25) is 0 Å². The largest absolute Gasteiger partial charge is 0.479 e. The zero-order valence-electron chi connectivity index (χ0n) is 9.28. The van der Waals surface area contributed by atoms with Gasteiger partial charge in [0.1, 0.15) is 0 Å². The lowest BCUT2D eigenvalue weighted by Crippen LogP contribution is -1.98. The van der Waals surface area contributed by atoms with Crippen molar-refractivity contribution in [3.63, 3.8) is 0 Å². The van der Waals surface area contributed by atoms with E-state index in [1.54, 1.807) is 18.2 Å². The number of rotatable bonds is 2. The van der Waals surface area contributed by atoms with Crippen molar-refractivity contribution < 1.29 is 14.6 Å². The van der Waals surface area contributed by atoms with E-state index in [4.69, 9.17) is 14.6 Å². The first-order chi connectivity index (χ1) is 9.10. The van der Waals surface area contributed by atoms with Crippen molar-refractivity contribution >= 4 is 22.7 Å². The van der Waals surface area contributed by atoms with Crippen molar-refractivity contribution in [2.24, 2.45) is 0 Å². The average molecular weight is 261 g/mol. The summed E-state index contributed by atoms with van der Waals surface area (Å²) in [5.41, 5.74) is 1.43. The molecule has 0 atom stereocenters. The van der Waals surface area contributed by atoms with E-state index in [2.05, 4.69) is 25.3 Å². The number of hydrogen-bond donors (Lipinski definition) is 4. The van der Waals surface area contributed by atoms with Crippen molar-refractivity contribution in [2.75, 3.05) is 5.32 Å². The second-order valence-corrected chi connectivity index (χ2v) is 3.61. The summed E-state index contributed by atoms with van der Waals surface area (Å²) in [6.07, 6.45) is 0. The summed E-state index contributed by atoms with van der Waals surface area (Å²) in [7, 11) is 0. The minimum absolute atomic E-state index is 0.0396. The Balaban J connectivity index is 1.98. The first-order valence-electron chi connectivity index (χ1n) is 5.14. The predicted octanol–water partition coefficient (Wildman–Crippen LogP) is 0.461. The number of aromatic hydroxyl groups is 2. The lowest BCUT2D eigenvalue weighted by atomic mass is 10.3. The van der Waals surface area contributed by atoms with Crippen LogP contribution in [-0.2, 0) is 0 Å². The number of oxazole rings is 1. The SMILES string of the molecule is O=c1[nH]c2ccc(Nc3nc(O)nc(O)n3)cc2o1. The van der Waals surface area contributed by atoms with Crippen molar-refractivity contribution in [3.05, 3.63) is 28.7 Å². The first kappa shape index (κ1) is 11.0. The maximum atomic E-state index is 11.0. The zero-order chi connectivity index (χ0) is 13.4.